The zero-order valence-corrected chi connectivity index (χ0v) is 21.3. The van der Waals surface area contributed by atoms with Crippen LogP contribution >= 0.6 is 11.3 Å². The van der Waals surface area contributed by atoms with Crippen LogP contribution in [0.4, 0.5) is 13.2 Å². The number of halogens is 3. The van der Waals surface area contributed by atoms with E-state index in [4.69, 9.17) is 10.5 Å². The van der Waals surface area contributed by atoms with E-state index in [9.17, 15) is 23.1 Å². The monoisotopic (exact) mass is 542 g/mol. The molecule has 0 atom stereocenters. The Balaban J connectivity index is 1.46. The molecule has 1 saturated heterocycles. The molecule has 2 aromatic heterocycles. The molecule has 3 heterocycles. The van der Waals surface area contributed by atoms with Gasteiger partial charge in [-0.1, -0.05) is 30.3 Å². The SMILES string of the molecule is COc1ccc(-c2nc(C(=O)N3CCC(O)(c4ccccc4)CC3)c(CN)s2)c2ccc(C(F)(F)F)nc12. The number of aromatic nitrogens is 2. The Bertz CT molecular complexity index is 1480. The summed E-state index contributed by atoms with van der Waals surface area (Å²) in [6, 6.07) is 14.9. The molecule has 198 valence electrons. The number of fused-ring (bicyclic) bond motifs is 1. The van der Waals surface area contributed by atoms with Crippen molar-refractivity contribution in [2.75, 3.05) is 20.2 Å². The Morgan fingerprint density at radius 1 is 1.11 bits per heavy atom. The van der Waals surface area contributed by atoms with Crippen molar-refractivity contribution in [1.29, 1.82) is 0 Å². The number of benzene rings is 2. The van der Waals surface area contributed by atoms with Crippen molar-refractivity contribution in [1.82, 2.24) is 14.9 Å². The van der Waals surface area contributed by atoms with Crippen LogP contribution in [0.5, 0.6) is 5.75 Å². The molecule has 0 bridgehead atoms. The summed E-state index contributed by atoms with van der Waals surface area (Å²) in [5.41, 5.74) is 5.52. The van der Waals surface area contributed by atoms with E-state index in [0.29, 0.717) is 46.8 Å². The van der Waals surface area contributed by atoms with Crippen molar-refractivity contribution in [2.45, 2.75) is 31.2 Å². The number of hydrogen-bond donors (Lipinski definition) is 2. The fourth-order valence-corrected chi connectivity index (χ4v) is 5.71. The largest absolute Gasteiger partial charge is 0.494 e. The van der Waals surface area contributed by atoms with Gasteiger partial charge < -0.3 is 20.5 Å². The Labute approximate surface area is 220 Å². The number of likely N-dealkylation sites (tertiary alicyclic amines) is 1. The minimum absolute atomic E-state index is 0.0495. The summed E-state index contributed by atoms with van der Waals surface area (Å²) in [6.07, 6.45) is -3.84. The van der Waals surface area contributed by atoms with E-state index in [-0.39, 0.29) is 29.4 Å². The quantitative estimate of drug-likeness (QED) is 0.369. The van der Waals surface area contributed by atoms with Crippen LogP contribution < -0.4 is 10.5 Å². The molecule has 0 radical (unpaired) electrons. The zero-order valence-electron chi connectivity index (χ0n) is 20.5. The highest BCUT2D eigenvalue weighted by atomic mass is 32.1. The number of hydrogen-bond acceptors (Lipinski definition) is 7. The lowest BCUT2D eigenvalue weighted by molar-refractivity contribution is -0.140. The van der Waals surface area contributed by atoms with Crippen LogP contribution in [-0.2, 0) is 18.3 Å². The Morgan fingerprint density at radius 3 is 2.45 bits per heavy atom. The maximum atomic E-state index is 13.5. The van der Waals surface area contributed by atoms with Gasteiger partial charge in [-0.2, -0.15) is 13.2 Å². The van der Waals surface area contributed by atoms with E-state index in [1.165, 1.54) is 30.6 Å². The van der Waals surface area contributed by atoms with Crippen LogP contribution in [0.3, 0.4) is 0 Å². The minimum Gasteiger partial charge on any atom is -0.494 e. The van der Waals surface area contributed by atoms with Gasteiger partial charge in [0.05, 0.1) is 17.6 Å². The first-order valence-corrected chi connectivity index (χ1v) is 12.8. The van der Waals surface area contributed by atoms with Crippen molar-refractivity contribution in [3.8, 4) is 16.3 Å². The van der Waals surface area contributed by atoms with Gasteiger partial charge in [0, 0.05) is 30.6 Å². The molecule has 1 amide bonds. The summed E-state index contributed by atoms with van der Waals surface area (Å²) in [5.74, 6) is -0.0978. The van der Waals surface area contributed by atoms with Gasteiger partial charge in [-0.25, -0.2) is 9.97 Å². The predicted molar refractivity (Wildman–Crippen MR) is 138 cm³/mol. The number of amides is 1. The van der Waals surface area contributed by atoms with Gasteiger partial charge in [0.2, 0.25) is 0 Å². The van der Waals surface area contributed by atoms with Gasteiger partial charge in [-0.3, -0.25) is 4.79 Å². The van der Waals surface area contributed by atoms with Crippen LogP contribution in [0.2, 0.25) is 0 Å². The van der Waals surface area contributed by atoms with Crippen LogP contribution in [0.25, 0.3) is 21.5 Å². The zero-order chi connectivity index (χ0) is 27.1. The number of carbonyl (C=O) groups is 1. The van der Waals surface area contributed by atoms with Crippen LogP contribution in [0.15, 0.2) is 54.6 Å². The van der Waals surface area contributed by atoms with Crippen LogP contribution in [0.1, 0.15) is 39.5 Å². The Morgan fingerprint density at radius 2 is 1.82 bits per heavy atom. The summed E-state index contributed by atoms with van der Waals surface area (Å²) >= 11 is 1.22. The molecule has 4 aromatic rings. The third-order valence-electron chi connectivity index (χ3n) is 6.84. The lowest BCUT2D eigenvalue weighted by Gasteiger charge is -2.38. The Kier molecular flexibility index (Phi) is 6.84. The van der Waals surface area contributed by atoms with Gasteiger partial charge >= 0.3 is 6.18 Å². The van der Waals surface area contributed by atoms with Crippen molar-refractivity contribution < 1.29 is 27.8 Å². The van der Waals surface area contributed by atoms with E-state index in [2.05, 4.69) is 9.97 Å². The molecule has 0 saturated carbocycles. The minimum atomic E-state index is -4.61. The molecule has 38 heavy (non-hydrogen) atoms. The molecule has 0 unspecified atom stereocenters. The van der Waals surface area contributed by atoms with Crippen molar-refractivity contribution >= 4 is 28.1 Å². The second kappa shape index (κ2) is 9.97. The molecule has 2 aromatic carbocycles. The number of thiazole rings is 1. The fourth-order valence-electron chi connectivity index (χ4n) is 4.74. The topological polar surface area (TPSA) is 102 Å². The average molecular weight is 543 g/mol. The molecule has 5 rings (SSSR count). The molecule has 1 aliphatic heterocycles. The number of piperidine rings is 1. The second-order valence-electron chi connectivity index (χ2n) is 9.09. The first-order chi connectivity index (χ1) is 18.1. The standard InChI is InChI=1S/C27H25F3N4O3S/c1-37-19-9-7-18(17-8-10-21(27(28,29)30)32-22(17)19)24-33-23(20(15-31)38-24)25(35)34-13-11-26(36,12-14-34)16-5-3-2-4-6-16/h2-10,36H,11-15,31H2,1H3. The fraction of sp³-hybridized carbons (Fsp3) is 0.296. The molecular formula is C27H25F3N4O3S. The number of alkyl halides is 3. The van der Waals surface area contributed by atoms with Gasteiger partial charge in [0.25, 0.3) is 5.91 Å². The van der Waals surface area contributed by atoms with Gasteiger partial charge in [-0.05, 0) is 42.7 Å². The Hall–Kier alpha value is -3.54. The molecule has 1 aliphatic rings. The van der Waals surface area contributed by atoms with Crippen molar-refractivity contribution in [3.05, 3.63) is 76.4 Å². The van der Waals surface area contributed by atoms with Crippen molar-refractivity contribution in [2.24, 2.45) is 5.73 Å². The van der Waals surface area contributed by atoms with E-state index in [0.717, 1.165) is 11.6 Å². The van der Waals surface area contributed by atoms with Gasteiger partial charge in [0.15, 0.2) is 0 Å². The van der Waals surface area contributed by atoms with Crippen LogP contribution in [-0.4, -0.2) is 46.1 Å². The smallest absolute Gasteiger partial charge is 0.433 e. The predicted octanol–water partition coefficient (Wildman–Crippen LogP) is 4.97. The molecule has 0 spiro atoms. The highest BCUT2D eigenvalue weighted by Crippen LogP contribution is 2.39. The number of rotatable bonds is 5. The lowest BCUT2D eigenvalue weighted by atomic mass is 9.84. The van der Waals surface area contributed by atoms with Gasteiger partial charge in [0.1, 0.15) is 27.7 Å². The van der Waals surface area contributed by atoms with E-state index >= 15 is 0 Å². The highest BCUT2D eigenvalue weighted by Gasteiger charge is 2.37. The third-order valence-corrected chi connectivity index (χ3v) is 7.95. The number of ether oxygens (including phenoxy) is 1. The summed E-state index contributed by atoms with van der Waals surface area (Å²) in [7, 11) is 1.36. The molecule has 7 nitrogen and oxygen atoms in total. The summed E-state index contributed by atoms with van der Waals surface area (Å²) in [6.45, 7) is 0.762. The van der Waals surface area contributed by atoms with E-state index < -0.39 is 17.5 Å². The van der Waals surface area contributed by atoms with E-state index in [1.54, 1.807) is 11.0 Å². The number of methoxy groups -OCH3 is 1. The van der Waals surface area contributed by atoms with Crippen LogP contribution in [0, 0.1) is 0 Å². The maximum absolute atomic E-state index is 13.5. The highest BCUT2D eigenvalue weighted by molar-refractivity contribution is 7.15. The first-order valence-electron chi connectivity index (χ1n) is 12.0. The number of nitrogens with zero attached hydrogens (tertiary/aromatic N) is 3. The number of carbonyl (C=O) groups excluding carboxylic acids is 1. The number of pyridine rings is 1. The number of aliphatic hydroxyl groups is 1. The third kappa shape index (κ3) is 4.72. The molecule has 3 N–H and O–H groups in total. The molecule has 1 fully saturated rings. The average Bonchev–Trinajstić information content (AvgIpc) is 3.36. The van der Waals surface area contributed by atoms with Gasteiger partial charge in [-0.15, -0.1) is 11.3 Å². The maximum Gasteiger partial charge on any atom is 0.433 e. The summed E-state index contributed by atoms with van der Waals surface area (Å²) < 4.78 is 45.2. The number of nitrogens with two attached hydrogens (primary N) is 1. The molecular weight excluding hydrogens is 517 g/mol. The summed E-state index contributed by atoms with van der Waals surface area (Å²) in [5, 5.41) is 12.0. The second-order valence-corrected chi connectivity index (χ2v) is 10.2. The van der Waals surface area contributed by atoms with Crippen molar-refractivity contribution in [3.63, 3.8) is 0 Å². The normalized spacial score (nSPS) is 15.6. The summed E-state index contributed by atoms with van der Waals surface area (Å²) in [4.78, 5) is 24.1. The molecule has 0 aliphatic carbocycles. The molecule has 11 heteroatoms. The lowest BCUT2D eigenvalue weighted by Crippen LogP contribution is -2.45. The first kappa shape index (κ1) is 26.1. The van der Waals surface area contributed by atoms with E-state index in [1.807, 2.05) is 30.3 Å².